The van der Waals surface area contributed by atoms with E-state index in [1.165, 1.54) is 0 Å². The van der Waals surface area contributed by atoms with Crippen LogP contribution in [0.4, 0.5) is 5.69 Å². The number of hydrogen-bond donors (Lipinski definition) is 5. The van der Waals surface area contributed by atoms with Crippen LogP contribution in [0, 0.1) is 17.7 Å². The predicted molar refractivity (Wildman–Crippen MR) is 67.6 cm³/mol. The van der Waals surface area contributed by atoms with Crippen molar-refractivity contribution in [1.82, 2.24) is 5.32 Å². The van der Waals surface area contributed by atoms with Gasteiger partial charge in [-0.2, -0.15) is 0 Å². The van der Waals surface area contributed by atoms with Crippen LogP contribution < -0.4 is 16.4 Å². The van der Waals surface area contributed by atoms with Gasteiger partial charge in [-0.05, 0) is 24.6 Å². The third kappa shape index (κ3) is 3.29. The van der Waals surface area contributed by atoms with E-state index in [2.05, 4.69) is 10.6 Å². The molecule has 0 amide bonds. The molecule has 1 aromatic carbocycles. The van der Waals surface area contributed by atoms with Crippen LogP contribution in [-0.4, -0.2) is 11.9 Å². The maximum atomic E-state index is 7.42. The molecule has 0 radical (unpaired) electrons. The fourth-order valence-corrected chi connectivity index (χ4v) is 1.51. The molecule has 1 aromatic rings. The highest BCUT2D eigenvalue weighted by Crippen LogP contribution is 2.27. The maximum Gasteiger partial charge on any atom is 0.199 e. The monoisotopic (exact) mass is 259 g/mol. The van der Waals surface area contributed by atoms with E-state index in [0.717, 1.165) is 5.56 Å². The summed E-state index contributed by atoms with van der Waals surface area (Å²) in [5, 5.41) is 20.3. The van der Waals surface area contributed by atoms with Crippen molar-refractivity contribution in [2.45, 2.75) is 6.92 Å². The molecule has 0 atom stereocenters. The third-order valence-electron chi connectivity index (χ3n) is 1.81. The van der Waals surface area contributed by atoms with Crippen LogP contribution in [0.1, 0.15) is 5.56 Å². The van der Waals surface area contributed by atoms with E-state index in [4.69, 9.17) is 39.8 Å². The summed E-state index contributed by atoms with van der Waals surface area (Å²) in [5.41, 5.74) is 6.40. The van der Waals surface area contributed by atoms with Crippen molar-refractivity contribution in [3.63, 3.8) is 0 Å². The molecule has 7 heteroatoms. The Morgan fingerprint density at radius 2 is 1.75 bits per heavy atom. The first kappa shape index (κ1) is 12.6. The van der Waals surface area contributed by atoms with Crippen LogP contribution in [0.15, 0.2) is 12.1 Å². The molecule has 0 unspecified atom stereocenters. The van der Waals surface area contributed by atoms with Gasteiger partial charge in [-0.1, -0.05) is 23.2 Å². The molecule has 16 heavy (non-hydrogen) atoms. The number of rotatable bonds is 1. The third-order valence-corrected chi connectivity index (χ3v) is 2.60. The van der Waals surface area contributed by atoms with Gasteiger partial charge in [-0.25, -0.2) is 0 Å². The lowest BCUT2D eigenvalue weighted by atomic mass is 10.2. The van der Waals surface area contributed by atoms with Crippen molar-refractivity contribution in [3.05, 3.63) is 27.7 Å². The zero-order valence-corrected chi connectivity index (χ0v) is 10.00. The summed E-state index contributed by atoms with van der Waals surface area (Å²) in [6.45, 7) is 1.80. The van der Waals surface area contributed by atoms with E-state index in [1.807, 2.05) is 0 Å². The van der Waals surface area contributed by atoms with E-state index in [9.17, 15) is 0 Å². The van der Waals surface area contributed by atoms with E-state index in [-0.39, 0.29) is 11.9 Å². The van der Waals surface area contributed by atoms with Gasteiger partial charge in [0, 0.05) is 15.7 Å². The first-order valence-corrected chi connectivity index (χ1v) is 5.08. The van der Waals surface area contributed by atoms with Gasteiger partial charge < -0.3 is 11.1 Å². The number of hydrogen-bond acceptors (Lipinski definition) is 2. The van der Waals surface area contributed by atoms with Crippen LogP contribution >= 0.6 is 23.2 Å². The number of nitrogens with one attached hydrogen (secondary N) is 4. The molecular formula is C9H11Cl2N5. The molecule has 1 rings (SSSR count). The smallest absolute Gasteiger partial charge is 0.199 e. The normalized spacial score (nSPS) is 9.69. The quantitative estimate of drug-likeness (QED) is 0.395. The molecule has 0 aliphatic heterocycles. The summed E-state index contributed by atoms with van der Waals surface area (Å²) in [7, 11) is 0. The zero-order chi connectivity index (χ0) is 12.3. The Bertz CT molecular complexity index is 421. The first-order chi connectivity index (χ1) is 7.40. The lowest BCUT2D eigenvalue weighted by molar-refractivity contribution is 1.20. The second kappa shape index (κ2) is 5.05. The highest BCUT2D eigenvalue weighted by molar-refractivity contribution is 6.36. The SMILES string of the molecule is Cc1c(Cl)cc(NC(=N)NC(=N)N)cc1Cl. The topological polar surface area (TPSA) is 97.8 Å². The van der Waals surface area contributed by atoms with E-state index in [1.54, 1.807) is 19.1 Å². The van der Waals surface area contributed by atoms with E-state index < -0.39 is 0 Å². The Labute approximate surface area is 103 Å². The summed E-state index contributed by atoms with van der Waals surface area (Å²) in [4.78, 5) is 0. The Hall–Kier alpha value is -1.46. The lowest BCUT2D eigenvalue weighted by Crippen LogP contribution is -2.39. The Morgan fingerprint density at radius 1 is 1.25 bits per heavy atom. The molecule has 5 nitrogen and oxygen atoms in total. The number of halogens is 2. The first-order valence-electron chi connectivity index (χ1n) is 4.32. The molecule has 0 saturated carbocycles. The van der Waals surface area contributed by atoms with Gasteiger partial charge in [0.05, 0.1) is 0 Å². The average molecular weight is 260 g/mol. The second-order valence-corrected chi connectivity index (χ2v) is 3.92. The molecule has 0 aromatic heterocycles. The molecule has 0 heterocycles. The minimum Gasteiger partial charge on any atom is -0.370 e. The van der Waals surface area contributed by atoms with Gasteiger partial charge in [-0.15, -0.1) is 0 Å². The summed E-state index contributed by atoms with van der Waals surface area (Å²) in [5.74, 6) is -0.440. The molecule has 6 N–H and O–H groups in total. The summed E-state index contributed by atoms with van der Waals surface area (Å²) in [6.07, 6.45) is 0. The van der Waals surface area contributed by atoms with Crippen molar-refractivity contribution in [1.29, 1.82) is 10.8 Å². The van der Waals surface area contributed by atoms with Crippen LogP contribution in [-0.2, 0) is 0 Å². The van der Waals surface area contributed by atoms with Crippen molar-refractivity contribution in [2.75, 3.05) is 5.32 Å². The Balaban J connectivity index is 2.82. The van der Waals surface area contributed by atoms with Crippen molar-refractivity contribution in [2.24, 2.45) is 5.73 Å². The fraction of sp³-hybridized carbons (Fsp3) is 0.111. The van der Waals surface area contributed by atoms with Crippen LogP contribution in [0.2, 0.25) is 10.0 Å². The number of guanidine groups is 2. The lowest BCUT2D eigenvalue weighted by Gasteiger charge is -2.10. The van der Waals surface area contributed by atoms with Gasteiger partial charge >= 0.3 is 0 Å². The molecule has 0 fully saturated rings. The molecule has 0 aliphatic rings. The second-order valence-electron chi connectivity index (χ2n) is 3.10. The van der Waals surface area contributed by atoms with E-state index in [0.29, 0.717) is 15.7 Å². The van der Waals surface area contributed by atoms with Gasteiger partial charge in [0.25, 0.3) is 0 Å². The van der Waals surface area contributed by atoms with Gasteiger partial charge in [-0.3, -0.25) is 16.1 Å². The number of anilines is 1. The highest BCUT2D eigenvalue weighted by Gasteiger charge is 2.05. The van der Waals surface area contributed by atoms with Crippen LogP contribution in [0.3, 0.4) is 0 Å². The zero-order valence-electron chi connectivity index (χ0n) is 8.49. The molecule has 86 valence electrons. The highest BCUT2D eigenvalue weighted by atomic mass is 35.5. The van der Waals surface area contributed by atoms with Gasteiger partial charge in [0.15, 0.2) is 11.9 Å². The maximum absolute atomic E-state index is 7.42. The van der Waals surface area contributed by atoms with E-state index >= 15 is 0 Å². The minimum absolute atomic E-state index is 0.122. The molecule has 0 aliphatic carbocycles. The summed E-state index contributed by atoms with van der Waals surface area (Å²) in [6, 6.07) is 3.28. The van der Waals surface area contributed by atoms with Crippen molar-refractivity contribution in [3.8, 4) is 0 Å². The standard InChI is InChI=1S/C9H11Cl2N5/c1-4-6(10)2-5(3-7(4)11)15-9(14)16-8(12)13/h2-3H,1H3,(H6,12,13,14,15,16). The Morgan fingerprint density at radius 3 is 2.19 bits per heavy atom. The average Bonchev–Trinajstić information content (AvgIpc) is 2.12. The molecular weight excluding hydrogens is 249 g/mol. The van der Waals surface area contributed by atoms with Crippen molar-refractivity contribution < 1.29 is 0 Å². The van der Waals surface area contributed by atoms with Gasteiger partial charge in [0.1, 0.15) is 0 Å². The van der Waals surface area contributed by atoms with Crippen molar-refractivity contribution >= 4 is 40.8 Å². The number of nitrogens with two attached hydrogens (primary N) is 1. The summed E-state index contributed by atoms with van der Waals surface area (Å²) < 4.78 is 0. The van der Waals surface area contributed by atoms with Crippen LogP contribution in [0.25, 0.3) is 0 Å². The van der Waals surface area contributed by atoms with Crippen LogP contribution in [0.5, 0.6) is 0 Å². The number of benzene rings is 1. The fourth-order valence-electron chi connectivity index (χ4n) is 1.03. The van der Waals surface area contributed by atoms with Gasteiger partial charge in [0.2, 0.25) is 0 Å². The minimum atomic E-state index is -0.318. The molecule has 0 bridgehead atoms. The Kier molecular flexibility index (Phi) is 3.98. The summed E-state index contributed by atoms with van der Waals surface area (Å²) >= 11 is 11.9. The molecule has 0 spiro atoms. The molecule has 0 saturated heterocycles. The predicted octanol–water partition coefficient (Wildman–Crippen LogP) is 2.13. The largest absolute Gasteiger partial charge is 0.370 e.